The second-order valence-corrected chi connectivity index (χ2v) is 10.4. The molecule has 0 atom stereocenters. The molecule has 3 rings (SSSR count). The second kappa shape index (κ2) is 13.0. The number of phenols is 2. The van der Waals surface area contributed by atoms with Gasteiger partial charge in [-0.15, -0.1) is 33.7 Å². The van der Waals surface area contributed by atoms with E-state index >= 15 is 0 Å². The van der Waals surface area contributed by atoms with E-state index in [1.54, 1.807) is 60.2 Å². The van der Waals surface area contributed by atoms with E-state index in [0.717, 1.165) is 30.5 Å². The number of aliphatic imine (C=N–C) groups is 2. The smallest absolute Gasteiger partial charge is 0.124 e. The van der Waals surface area contributed by atoms with Crippen LogP contribution in [-0.4, -0.2) is 57.4 Å². The molecule has 0 saturated heterocycles. The summed E-state index contributed by atoms with van der Waals surface area (Å²) in [5, 5.41) is 29.8. The Morgan fingerprint density at radius 1 is 0.719 bits per heavy atom. The lowest BCUT2D eigenvalue weighted by Crippen LogP contribution is -1.93. The van der Waals surface area contributed by atoms with Gasteiger partial charge in [0.15, 0.2) is 0 Å². The maximum atomic E-state index is 9.80. The lowest BCUT2D eigenvalue weighted by Gasteiger charge is -2.02. The molecule has 10 heteroatoms. The van der Waals surface area contributed by atoms with Gasteiger partial charge in [-0.2, -0.15) is 0 Å². The average molecular weight is 596 g/mol. The monoisotopic (exact) mass is 594 g/mol. The van der Waals surface area contributed by atoms with Crippen LogP contribution in [0.4, 0.5) is 0 Å². The Hall–Kier alpha value is -1.88. The van der Waals surface area contributed by atoms with Gasteiger partial charge in [-0.1, -0.05) is 31.9 Å². The Balaban J connectivity index is 1.36. The molecule has 1 aromatic heterocycles. The molecule has 0 amide bonds. The number of phenolic OH excluding ortho intramolecular Hbond substituents is 2. The molecule has 166 valence electrons. The number of aromatic hydroxyl groups is 2. The molecule has 0 fully saturated rings. The van der Waals surface area contributed by atoms with Gasteiger partial charge in [0.1, 0.15) is 21.6 Å². The molecule has 6 nitrogen and oxygen atoms in total. The van der Waals surface area contributed by atoms with Crippen molar-refractivity contribution in [3.8, 4) is 11.5 Å². The largest absolute Gasteiger partial charge is 0.507 e. The Morgan fingerprint density at radius 3 is 1.56 bits per heavy atom. The zero-order chi connectivity index (χ0) is 22.8. The van der Waals surface area contributed by atoms with Crippen molar-refractivity contribution in [2.45, 2.75) is 10.1 Å². The molecule has 0 radical (unpaired) electrons. The molecule has 1 heterocycles. The molecular weight excluding hydrogens is 576 g/mol. The predicted octanol–water partition coefficient (Wildman–Crippen LogP) is 5.84. The number of rotatable bonds is 10. The molecule has 32 heavy (non-hydrogen) atoms. The quantitative estimate of drug-likeness (QED) is 0.174. The summed E-state index contributed by atoms with van der Waals surface area (Å²) < 4.78 is 1.80. The number of aromatic nitrogens is 2. The van der Waals surface area contributed by atoms with E-state index in [1.807, 2.05) is 24.3 Å². The van der Waals surface area contributed by atoms with Crippen LogP contribution in [0.5, 0.6) is 11.5 Å². The summed E-state index contributed by atoms with van der Waals surface area (Å²) in [4.78, 5) is 8.71. The number of thioether (sulfide) groups is 2. The van der Waals surface area contributed by atoms with Crippen LogP contribution in [0.3, 0.4) is 0 Å². The number of halogens is 2. The van der Waals surface area contributed by atoms with Crippen molar-refractivity contribution in [1.29, 1.82) is 0 Å². The van der Waals surface area contributed by atoms with Crippen molar-refractivity contribution in [1.82, 2.24) is 10.2 Å². The molecule has 0 unspecified atom stereocenters. The summed E-state index contributed by atoms with van der Waals surface area (Å²) >= 11 is 9.93. The maximum Gasteiger partial charge on any atom is 0.124 e. The first-order chi connectivity index (χ1) is 15.5. The first-order valence-corrected chi connectivity index (χ1v) is 13.1. The molecule has 2 aromatic carbocycles. The summed E-state index contributed by atoms with van der Waals surface area (Å²) in [6, 6.07) is 14.4. The Morgan fingerprint density at radius 2 is 1.16 bits per heavy atom. The fourth-order valence-corrected chi connectivity index (χ4v) is 4.55. The maximum absolute atomic E-state index is 9.80. The molecule has 0 aliphatic rings. The summed E-state index contributed by atoms with van der Waals surface area (Å²) in [6.45, 7) is 1.22. The van der Waals surface area contributed by atoms with Gasteiger partial charge in [0, 0.05) is 57.1 Å². The third-order valence-electron chi connectivity index (χ3n) is 4.00. The fraction of sp³-hybridized carbons (Fsp3) is 0.182. The van der Waals surface area contributed by atoms with Crippen LogP contribution in [0.2, 0.25) is 0 Å². The highest BCUT2D eigenvalue weighted by Crippen LogP contribution is 2.22. The van der Waals surface area contributed by atoms with Crippen LogP contribution < -0.4 is 0 Å². The van der Waals surface area contributed by atoms with E-state index < -0.39 is 0 Å². The number of nitrogens with zero attached hydrogens (tertiary/aromatic N) is 4. The SMILES string of the molecule is Oc1ccc(Br)cc1C=NCCSc1ccc(SCCN=Cc2cc(Br)ccc2O)nn1. The van der Waals surface area contributed by atoms with Crippen LogP contribution in [0.25, 0.3) is 0 Å². The molecular formula is C22H20Br2N4O2S2. The zero-order valence-electron chi connectivity index (χ0n) is 16.9. The van der Waals surface area contributed by atoms with Crippen LogP contribution >= 0.6 is 55.4 Å². The number of benzene rings is 2. The molecule has 0 saturated carbocycles. The van der Waals surface area contributed by atoms with Crippen molar-refractivity contribution in [2.75, 3.05) is 24.6 Å². The van der Waals surface area contributed by atoms with Gasteiger partial charge in [-0.3, -0.25) is 9.98 Å². The van der Waals surface area contributed by atoms with E-state index in [1.165, 1.54) is 0 Å². The highest BCUT2D eigenvalue weighted by atomic mass is 79.9. The van der Waals surface area contributed by atoms with Gasteiger partial charge in [-0.05, 0) is 48.5 Å². The van der Waals surface area contributed by atoms with Gasteiger partial charge in [0.05, 0.1) is 0 Å². The summed E-state index contributed by atoms with van der Waals surface area (Å²) in [5.41, 5.74) is 1.37. The number of hydrogen-bond acceptors (Lipinski definition) is 8. The second-order valence-electron chi connectivity index (χ2n) is 6.38. The first-order valence-electron chi connectivity index (χ1n) is 9.57. The Bertz CT molecular complexity index is 1010. The van der Waals surface area contributed by atoms with Gasteiger partial charge in [0.25, 0.3) is 0 Å². The fourth-order valence-electron chi connectivity index (χ4n) is 2.45. The van der Waals surface area contributed by atoms with Crippen LogP contribution in [0.15, 0.2) is 77.5 Å². The highest BCUT2D eigenvalue weighted by Gasteiger charge is 2.02. The molecule has 0 bridgehead atoms. The van der Waals surface area contributed by atoms with Crippen molar-refractivity contribution >= 4 is 67.8 Å². The van der Waals surface area contributed by atoms with E-state index in [0.29, 0.717) is 24.2 Å². The standard InChI is InChI=1S/C22H20Br2N4O2S2/c23-17-1-3-19(29)15(11-17)13-25-7-9-31-21-5-6-22(28-27-21)32-10-8-26-14-16-12-18(24)2-4-20(16)30/h1-6,11-14,29-30H,7-10H2. The van der Waals surface area contributed by atoms with E-state index in [9.17, 15) is 10.2 Å². The highest BCUT2D eigenvalue weighted by molar-refractivity contribution is 9.10. The van der Waals surface area contributed by atoms with Crippen molar-refractivity contribution in [3.63, 3.8) is 0 Å². The van der Waals surface area contributed by atoms with E-state index in [-0.39, 0.29) is 11.5 Å². The minimum atomic E-state index is 0.209. The predicted molar refractivity (Wildman–Crippen MR) is 140 cm³/mol. The van der Waals surface area contributed by atoms with E-state index in [2.05, 4.69) is 52.0 Å². The van der Waals surface area contributed by atoms with Crippen LogP contribution in [0.1, 0.15) is 11.1 Å². The van der Waals surface area contributed by atoms with Crippen LogP contribution in [0, 0.1) is 0 Å². The minimum absolute atomic E-state index is 0.209. The number of hydrogen-bond donors (Lipinski definition) is 2. The summed E-state index contributed by atoms with van der Waals surface area (Å²) in [7, 11) is 0. The van der Waals surface area contributed by atoms with Gasteiger partial charge in [0.2, 0.25) is 0 Å². The zero-order valence-corrected chi connectivity index (χ0v) is 21.7. The minimum Gasteiger partial charge on any atom is -0.507 e. The average Bonchev–Trinajstić information content (AvgIpc) is 2.79. The van der Waals surface area contributed by atoms with Crippen LogP contribution in [-0.2, 0) is 0 Å². The molecule has 2 N–H and O–H groups in total. The van der Waals surface area contributed by atoms with Crippen molar-refractivity contribution < 1.29 is 10.2 Å². The van der Waals surface area contributed by atoms with Gasteiger partial charge < -0.3 is 10.2 Å². The summed E-state index contributed by atoms with van der Waals surface area (Å²) in [6.07, 6.45) is 3.35. The van der Waals surface area contributed by atoms with E-state index in [4.69, 9.17) is 0 Å². The Labute approximate surface area is 212 Å². The third kappa shape index (κ3) is 8.23. The molecule has 0 spiro atoms. The lowest BCUT2D eigenvalue weighted by atomic mass is 10.2. The topological polar surface area (TPSA) is 91.0 Å². The van der Waals surface area contributed by atoms with Gasteiger partial charge >= 0.3 is 0 Å². The van der Waals surface area contributed by atoms with Gasteiger partial charge in [-0.25, -0.2) is 0 Å². The summed E-state index contributed by atoms with van der Waals surface area (Å²) in [5.74, 6) is 1.95. The first kappa shape index (κ1) is 24.8. The molecule has 0 aliphatic heterocycles. The molecule has 3 aromatic rings. The normalized spacial score (nSPS) is 11.6. The lowest BCUT2D eigenvalue weighted by molar-refractivity contribution is 0.474. The molecule has 0 aliphatic carbocycles. The third-order valence-corrected chi connectivity index (χ3v) is 6.78. The van der Waals surface area contributed by atoms with Crippen molar-refractivity contribution in [2.24, 2.45) is 9.98 Å². The van der Waals surface area contributed by atoms with Crippen molar-refractivity contribution in [3.05, 3.63) is 68.6 Å². The Kier molecular flexibility index (Phi) is 10.0.